The quantitative estimate of drug-likeness (QED) is 0.194. The number of alkyl halides is 3. The lowest BCUT2D eigenvalue weighted by molar-refractivity contribution is -0.137. The van der Waals surface area contributed by atoms with Gasteiger partial charge in [-0.15, -0.1) is 0 Å². The number of ether oxygens (including phenoxy) is 1. The Morgan fingerprint density at radius 1 is 0.850 bits per heavy atom. The average molecular weight is 564 g/mol. The van der Waals surface area contributed by atoms with E-state index in [-0.39, 0.29) is 30.1 Å². The van der Waals surface area contributed by atoms with Crippen molar-refractivity contribution in [3.05, 3.63) is 107 Å². The van der Waals surface area contributed by atoms with E-state index < -0.39 is 23.4 Å². The lowest BCUT2D eigenvalue weighted by Gasteiger charge is -2.18. The minimum atomic E-state index is -4.56. The summed E-state index contributed by atoms with van der Waals surface area (Å²) in [6, 6.07) is 16.8. The fourth-order valence-electron chi connectivity index (χ4n) is 3.64. The SMILES string of the molecule is CC.CC.Cc1ccc(F)c(-n2c(C)ccc2-c2cc(C(F)(F)F)ccc2OCc2ccc(F)cc2)c1.O=CO. The van der Waals surface area contributed by atoms with Crippen LogP contribution in [0.1, 0.15) is 50.1 Å². The second kappa shape index (κ2) is 16.1. The van der Waals surface area contributed by atoms with Gasteiger partial charge in [0.2, 0.25) is 0 Å². The van der Waals surface area contributed by atoms with Crippen LogP contribution in [0, 0.1) is 25.5 Å². The Balaban J connectivity index is 0.00000105. The van der Waals surface area contributed by atoms with Gasteiger partial charge in [-0.2, -0.15) is 13.2 Å². The molecule has 4 rings (SSSR count). The van der Waals surface area contributed by atoms with E-state index in [1.165, 1.54) is 36.4 Å². The number of aromatic nitrogens is 1. The Hall–Kier alpha value is -4.14. The van der Waals surface area contributed by atoms with E-state index >= 15 is 0 Å². The van der Waals surface area contributed by atoms with Gasteiger partial charge in [0.25, 0.3) is 6.47 Å². The van der Waals surface area contributed by atoms with Gasteiger partial charge in [0.1, 0.15) is 24.0 Å². The predicted molar refractivity (Wildman–Crippen MR) is 148 cm³/mol. The number of rotatable bonds is 5. The summed E-state index contributed by atoms with van der Waals surface area (Å²) < 4.78 is 75.8. The molecule has 0 aliphatic heterocycles. The normalized spacial score (nSPS) is 10.2. The second-order valence-corrected chi connectivity index (χ2v) is 7.88. The highest BCUT2D eigenvalue weighted by atomic mass is 19.4. The highest BCUT2D eigenvalue weighted by Gasteiger charge is 2.32. The van der Waals surface area contributed by atoms with Crippen LogP contribution >= 0.6 is 0 Å². The maximum Gasteiger partial charge on any atom is 0.416 e. The molecule has 0 amide bonds. The minimum absolute atomic E-state index is 0.0249. The molecule has 0 aliphatic carbocycles. The van der Waals surface area contributed by atoms with Crippen molar-refractivity contribution < 1.29 is 36.6 Å². The van der Waals surface area contributed by atoms with Crippen LogP contribution in [0.2, 0.25) is 0 Å². The van der Waals surface area contributed by atoms with Crippen molar-refractivity contribution in [2.45, 2.75) is 54.3 Å². The first kappa shape index (κ1) is 33.9. The fourth-order valence-corrected chi connectivity index (χ4v) is 3.64. The zero-order chi connectivity index (χ0) is 30.5. The van der Waals surface area contributed by atoms with Crippen LogP contribution in [0.25, 0.3) is 16.9 Å². The third kappa shape index (κ3) is 8.97. The highest BCUT2D eigenvalue weighted by molar-refractivity contribution is 5.72. The van der Waals surface area contributed by atoms with Gasteiger partial charge < -0.3 is 14.4 Å². The molecule has 1 N–H and O–H groups in total. The van der Waals surface area contributed by atoms with Crippen LogP contribution in [-0.4, -0.2) is 16.1 Å². The number of hydrogen-bond donors (Lipinski definition) is 1. The van der Waals surface area contributed by atoms with Crippen molar-refractivity contribution in [3.63, 3.8) is 0 Å². The molecule has 1 heterocycles. The topological polar surface area (TPSA) is 51.5 Å². The standard InChI is InChI=1S/C26H20F5NO.2C2H6.CH2O2/c1-16-3-10-22(28)24(13-16)32-17(2)4-11-23(32)21-14-19(26(29,30)31)7-12-25(21)33-15-18-5-8-20(27)9-6-18;2*1-2;2-1-3/h3-14H,15H2,1-2H3;2*1-2H3;1H,(H,2,3). The second-order valence-electron chi connectivity index (χ2n) is 7.88. The first-order valence-electron chi connectivity index (χ1n) is 12.7. The van der Waals surface area contributed by atoms with E-state index in [1.54, 1.807) is 35.8 Å². The van der Waals surface area contributed by atoms with Crippen LogP contribution in [0.4, 0.5) is 22.0 Å². The first-order chi connectivity index (χ1) is 19.0. The lowest BCUT2D eigenvalue weighted by atomic mass is 10.1. The summed E-state index contributed by atoms with van der Waals surface area (Å²) in [4.78, 5) is 8.36. The third-order valence-corrected chi connectivity index (χ3v) is 5.31. The molecule has 0 aliphatic rings. The summed E-state index contributed by atoms with van der Waals surface area (Å²) in [5, 5.41) is 6.89. The van der Waals surface area contributed by atoms with Crippen LogP contribution in [0.3, 0.4) is 0 Å². The molecule has 0 radical (unpaired) electrons. The number of hydrogen-bond acceptors (Lipinski definition) is 2. The molecule has 4 nitrogen and oxygen atoms in total. The van der Waals surface area contributed by atoms with Gasteiger partial charge >= 0.3 is 6.18 Å². The molecule has 0 fully saturated rings. The van der Waals surface area contributed by atoms with Gasteiger partial charge in [0.05, 0.1) is 16.9 Å². The smallest absolute Gasteiger partial charge is 0.416 e. The monoisotopic (exact) mass is 563 g/mol. The van der Waals surface area contributed by atoms with Crippen molar-refractivity contribution in [2.75, 3.05) is 0 Å². The summed E-state index contributed by atoms with van der Waals surface area (Å²) in [5.41, 5.74) is 2.02. The molecule has 216 valence electrons. The Labute approximate surface area is 231 Å². The molecule has 9 heteroatoms. The summed E-state index contributed by atoms with van der Waals surface area (Å²) >= 11 is 0. The number of aryl methyl sites for hydroxylation is 2. The van der Waals surface area contributed by atoms with Gasteiger partial charge in [-0.1, -0.05) is 45.9 Å². The maximum absolute atomic E-state index is 14.7. The Kier molecular flexibility index (Phi) is 13.6. The van der Waals surface area contributed by atoms with E-state index in [1.807, 2.05) is 34.6 Å². The van der Waals surface area contributed by atoms with Crippen molar-refractivity contribution in [1.82, 2.24) is 4.57 Å². The summed E-state index contributed by atoms with van der Waals surface area (Å²) in [7, 11) is 0. The molecular formula is C31H34F5NO3. The Morgan fingerprint density at radius 2 is 1.45 bits per heavy atom. The maximum atomic E-state index is 14.7. The van der Waals surface area contributed by atoms with Gasteiger partial charge in [-0.3, -0.25) is 4.79 Å². The molecule has 0 unspecified atom stereocenters. The molecule has 4 aromatic rings. The van der Waals surface area contributed by atoms with Crippen LogP contribution < -0.4 is 4.74 Å². The summed E-state index contributed by atoms with van der Waals surface area (Å²) in [6.07, 6.45) is -4.56. The van der Waals surface area contributed by atoms with E-state index in [9.17, 15) is 22.0 Å². The van der Waals surface area contributed by atoms with E-state index in [0.717, 1.165) is 17.7 Å². The fraction of sp³-hybridized carbons (Fsp3) is 0.258. The van der Waals surface area contributed by atoms with Crippen molar-refractivity contribution in [1.29, 1.82) is 0 Å². The van der Waals surface area contributed by atoms with Gasteiger partial charge in [-0.05, 0) is 79.6 Å². The predicted octanol–water partition coefficient (Wildman–Crippen LogP) is 9.39. The van der Waals surface area contributed by atoms with Crippen LogP contribution in [0.15, 0.2) is 72.8 Å². The zero-order valence-corrected chi connectivity index (χ0v) is 23.3. The third-order valence-electron chi connectivity index (χ3n) is 5.31. The van der Waals surface area contributed by atoms with Crippen molar-refractivity contribution in [3.8, 4) is 22.7 Å². The highest BCUT2D eigenvalue weighted by Crippen LogP contribution is 2.39. The van der Waals surface area contributed by atoms with Crippen LogP contribution in [0.5, 0.6) is 5.75 Å². The number of halogens is 5. The Morgan fingerprint density at radius 3 is 2.02 bits per heavy atom. The average Bonchev–Trinajstić information content (AvgIpc) is 3.32. The van der Waals surface area contributed by atoms with Crippen molar-refractivity contribution >= 4 is 6.47 Å². The molecule has 1 aromatic heterocycles. The van der Waals surface area contributed by atoms with E-state index in [4.69, 9.17) is 14.6 Å². The van der Waals surface area contributed by atoms with E-state index in [2.05, 4.69) is 0 Å². The van der Waals surface area contributed by atoms with Crippen molar-refractivity contribution in [2.24, 2.45) is 0 Å². The summed E-state index contributed by atoms with van der Waals surface area (Å²) in [5.74, 6) is -0.705. The Bertz CT molecular complexity index is 1350. The first-order valence-corrected chi connectivity index (χ1v) is 12.7. The van der Waals surface area contributed by atoms with Gasteiger partial charge in [-0.25, -0.2) is 8.78 Å². The largest absolute Gasteiger partial charge is 0.488 e. The molecule has 0 spiro atoms. The molecule has 40 heavy (non-hydrogen) atoms. The van der Waals surface area contributed by atoms with E-state index in [0.29, 0.717) is 17.0 Å². The lowest BCUT2D eigenvalue weighted by Crippen LogP contribution is -2.08. The minimum Gasteiger partial charge on any atom is -0.488 e. The number of carbonyl (C=O) groups is 1. The zero-order valence-electron chi connectivity index (χ0n) is 23.3. The van der Waals surface area contributed by atoms with Gasteiger partial charge in [0, 0.05) is 11.3 Å². The summed E-state index contributed by atoms with van der Waals surface area (Å²) in [6.45, 7) is 11.3. The molecule has 0 saturated heterocycles. The molecule has 3 aromatic carbocycles. The number of benzene rings is 3. The molecule has 0 saturated carbocycles. The molecular weight excluding hydrogens is 529 g/mol. The van der Waals surface area contributed by atoms with Gasteiger partial charge in [0.15, 0.2) is 0 Å². The number of carboxylic acid groups (broad SMARTS) is 1. The number of nitrogens with zero attached hydrogens (tertiary/aromatic N) is 1. The molecule has 0 atom stereocenters. The van der Waals surface area contributed by atoms with Crippen LogP contribution in [-0.2, 0) is 17.6 Å². The molecule has 0 bridgehead atoms.